The van der Waals surface area contributed by atoms with Gasteiger partial charge in [-0.1, -0.05) is 6.42 Å². The Hall–Kier alpha value is -0.910. The second-order valence-corrected chi connectivity index (χ2v) is 5.98. The van der Waals surface area contributed by atoms with Gasteiger partial charge < -0.3 is 14.8 Å². The Bertz CT molecular complexity index is 289. The third-order valence-electron chi connectivity index (χ3n) is 2.32. The van der Waals surface area contributed by atoms with Crippen molar-refractivity contribution in [2.45, 2.75) is 58.5 Å². The molecule has 0 rings (SSSR count). The quantitative estimate of drug-likeness (QED) is 0.390. The van der Waals surface area contributed by atoms with E-state index in [9.17, 15) is 9.59 Å². The smallest absolute Gasteiger partial charge is 0.407 e. The number of thiol groups is 1. The zero-order chi connectivity index (χ0) is 15.4. The molecule has 0 spiro atoms. The lowest BCUT2D eigenvalue weighted by Crippen LogP contribution is -2.32. The number of esters is 1. The van der Waals surface area contributed by atoms with Crippen LogP contribution in [0.15, 0.2) is 0 Å². The van der Waals surface area contributed by atoms with Crippen molar-refractivity contribution in [2.75, 3.05) is 18.9 Å². The molecule has 1 amide bonds. The Kier molecular flexibility index (Phi) is 10.3. The molecule has 6 heteroatoms. The van der Waals surface area contributed by atoms with E-state index in [4.69, 9.17) is 9.47 Å². The summed E-state index contributed by atoms with van der Waals surface area (Å²) < 4.78 is 10.1. The normalized spacial score (nSPS) is 11.0. The Balaban J connectivity index is 3.33. The number of ether oxygens (including phenoxy) is 2. The third kappa shape index (κ3) is 13.5. The van der Waals surface area contributed by atoms with Crippen molar-refractivity contribution < 1.29 is 19.1 Å². The molecular formula is C14H27NO4S. The molecule has 0 aliphatic heterocycles. The van der Waals surface area contributed by atoms with Crippen LogP contribution in [0.3, 0.4) is 0 Å². The van der Waals surface area contributed by atoms with E-state index in [2.05, 4.69) is 17.9 Å². The van der Waals surface area contributed by atoms with Crippen LogP contribution in [-0.4, -0.2) is 36.6 Å². The maximum Gasteiger partial charge on any atom is 0.407 e. The van der Waals surface area contributed by atoms with Crippen molar-refractivity contribution in [1.82, 2.24) is 5.32 Å². The lowest BCUT2D eigenvalue weighted by Gasteiger charge is -2.19. The van der Waals surface area contributed by atoms with Crippen molar-refractivity contribution in [3.63, 3.8) is 0 Å². The van der Waals surface area contributed by atoms with Crippen LogP contribution >= 0.6 is 12.6 Å². The van der Waals surface area contributed by atoms with E-state index in [1.54, 1.807) is 0 Å². The second kappa shape index (κ2) is 10.8. The summed E-state index contributed by atoms with van der Waals surface area (Å²) in [6.07, 6.45) is 3.69. The molecule has 0 heterocycles. The molecule has 0 saturated heterocycles. The number of hydrogen-bond donors (Lipinski definition) is 2. The Morgan fingerprint density at radius 2 is 1.75 bits per heavy atom. The van der Waals surface area contributed by atoms with E-state index in [-0.39, 0.29) is 12.1 Å². The van der Waals surface area contributed by atoms with Gasteiger partial charge in [-0.2, -0.15) is 12.6 Å². The molecule has 20 heavy (non-hydrogen) atoms. The fourth-order valence-electron chi connectivity index (χ4n) is 1.43. The third-order valence-corrected chi connectivity index (χ3v) is 2.54. The molecule has 0 aromatic carbocycles. The highest BCUT2D eigenvalue weighted by Gasteiger charge is 2.15. The Morgan fingerprint density at radius 3 is 2.35 bits per heavy atom. The molecule has 0 fully saturated rings. The highest BCUT2D eigenvalue weighted by atomic mass is 32.1. The van der Waals surface area contributed by atoms with Gasteiger partial charge in [-0.15, -0.1) is 0 Å². The summed E-state index contributed by atoms with van der Waals surface area (Å²) in [6, 6.07) is 0. The zero-order valence-corrected chi connectivity index (χ0v) is 13.6. The van der Waals surface area contributed by atoms with Gasteiger partial charge in [0.2, 0.25) is 0 Å². The van der Waals surface area contributed by atoms with Gasteiger partial charge in [0.05, 0.1) is 13.0 Å². The van der Waals surface area contributed by atoms with Crippen LogP contribution in [0.2, 0.25) is 0 Å². The van der Waals surface area contributed by atoms with Gasteiger partial charge in [-0.25, -0.2) is 4.79 Å². The highest BCUT2D eigenvalue weighted by molar-refractivity contribution is 7.80. The van der Waals surface area contributed by atoms with E-state index in [1.807, 2.05) is 20.8 Å². The fraction of sp³-hybridized carbons (Fsp3) is 0.857. The average molecular weight is 305 g/mol. The minimum atomic E-state index is -0.457. The fourth-order valence-corrected chi connectivity index (χ4v) is 1.62. The van der Waals surface area contributed by atoms with Gasteiger partial charge in [-0.3, -0.25) is 4.79 Å². The number of hydrogen-bond acceptors (Lipinski definition) is 5. The summed E-state index contributed by atoms with van der Waals surface area (Å²) in [6.45, 7) is 6.57. The molecule has 5 nitrogen and oxygen atoms in total. The number of nitrogens with one attached hydrogen (secondary N) is 1. The first-order valence-electron chi connectivity index (χ1n) is 7.08. The van der Waals surface area contributed by atoms with E-state index in [0.717, 1.165) is 25.7 Å². The molecule has 0 aliphatic rings. The number of alkyl carbamates (subject to hydrolysis) is 1. The monoisotopic (exact) mass is 305 g/mol. The number of rotatable bonds is 9. The molecule has 0 radical (unpaired) electrons. The van der Waals surface area contributed by atoms with Gasteiger partial charge >= 0.3 is 12.1 Å². The number of unbranched alkanes of at least 4 members (excludes halogenated alkanes) is 3. The lowest BCUT2D eigenvalue weighted by atomic mass is 10.2. The minimum Gasteiger partial charge on any atom is -0.466 e. The molecule has 0 saturated carbocycles. The van der Waals surface area contributed by atoms with Crippen molar-refractivity contribution in [1.29, 1.82) is 0 Å². The predicted molar refractivity (Wildman–Crippen MR) is 82.1 cm³/mol. The topological polar surface area (TPSA) is 64.6 Å². The zero-order valence-electron chi connectivity index (χ0n) is 12.7. The van der Waals surface area contributed by atoms with E-state index in [0.29, 0.717) is 25.3 Å². The SMILES string of the molecule is CC(C)(C)OC(=O)NCCCCCCOC(=O)CCS. The number of amides is 1. The van der Waals surface area contributed by atoms with Crippen molar-refractivity contribution in [3.05, 3.63) is 0 Å². The largest absolute Gasteiger partial charge is 0.466 e. The second-order valence-electron chi connectivity index (χ2n) is 5.54. The van der Waals surface area contributed by atoms with Crippen LogP contribution < -0.4 is 5.32 Å². The van der Waals surface area contributed by atoms with E-state index in [1.165, 1.54) is 0 Å². The average Bonchev–Trinajstić information content (AvgIpc) is 2.30. The minimum absolute atomic E-state index is 0.188. The molecule has 118 valence electrons. The van der Waals surface area contributed by atoms with Crippen LogP contribution in [0, 0.1) is 0 Å². The lowest BCUT2D eigenvalue weighted by molar-refractivity contribution is -0.143. The Labute approximate surface area is 127 Å². The van der Waals surface area contributed by atoms with Gasteiger partial charge in [0.1, 0.15) is 5.60 Å². The molecule has 0 unspecified atom stereocenters. The summed E-state index contributed by atoms with van der Waals surface area (Å²) in [7, 11) is 0. The maximum atomic E-state index is 11.3. The van der Waals surface area contributed by atoms with Crippen molar-refractivity contribution in [2.24, 2.45) is 0 Å². The molecule has 0 aromatic heterocycles. The van der Waals surface area contributed by atoms with Crippen LogP contribution in [0.4, 0.5) is 4.79 Å². The van der Waals surface area contributed by atoms with Crippen molar-refractivity contribution in [3.8, 4) is 0 Å². The van der Waals surface area contributed by atoms with Crippen LogP contribution in [0.5, 0.6) is 0 Å². The first-order chi connectivity index (χ1) is 9.35. The van der Waals surface area contributed by atoms with Gasteiger partial charge in [0.15, 0.2) is 0 Å². The van der Waals surface area contributed by atoms with Crippen LogP contribution in [0.25, 0.3) is 0 Å². The maximum absolute atomic E-state index is 11.3. The number of carbonyl (C=O) groups is 2. The summed E-state index contributed by atoms with van der Waals surface area (Å²) in [5, 5.41) is 2.71. The summed E-state index contributed by atoms with van der Waals surface area (Å²) in [5.41, 5.74) is -0.457. The summed E-state index contributed by atoms with van der Waals surface area (Å²) in [5.74, 6) is 0.335. The highest BCUT2D eigenvalue weighted by Crippen LogP contribution is 2.06. The molecule has 0 bridgehead atoms. The van der Waals surface area contributed by atoms with E-state index < -0.39 is 5.60 Å². The first kappa shape index (κ1) is 19.1. The molecule has 0 atom stereocenters. The molecule has 0 aliphatic carbocycles. The Morgan fingerprint density at radius 1 is 1.10 bits per heavy atom. The van der Waals surface area contributed by atoms with Crippen LogP contribution in [0.1, 0.15) is 52.9 Å². The molecule has 1 N–H and O–H groups in total. The molecular weight excluding hydrogens is 278 g/mol. The van der Waals surface area contributed by atoms with Gasteiger partial charge in [0, 0.05) is 12.3 Å². The molecule has 0 aromatic rings. The predicted octanol–water partition coefficient (Wildman–Crippen LogP) is 2.93. The van der Waals surface area contributed by atoms with Gasteiger partial charge in [0.25, 0.3) is 0 Å². The summed E-state index contributed by atoms with van der Waals surface area (Å²) in [4.78, 5) is 22.4. The summed E-state index contributed by atoms with van der Waals surface area (Å²) >= 11 is 3.96. The van der Waals surface area contributed by atoms with Crippen LogP contribution in [-0.2, 0) is 14.3 Å². The van der Waals surface area contributed by atoms with Crippen molar-refractivity contribution >= 4 is 24.7 Å². The number of carbonyl (C=O) groups excluding carboxylic acids is 2. The first-order valence-corrected chi connectivity index (χ1v) is 7.72. The van der Waals surface area contributed by atoms with E-state index >= 15 is 0 Å². The standard InChI is InChI=1S/C14H27NO4S/c1-14(2,3)19-13(17)15-9-6-4-5-7-10-18-12(16)8-11-20/h20H,4-11H2,1-3H3,(H,15,17). The van der Waals surface area contributed by atoms with Gasteiger partial charge in [-0.05, 0) is 40.0 Å².